The van der Waals surface area contributed by atoms with Crippen molar-refractivity contribution in [3.05, 3.63) is 64.7 Å². The number of hydrogen-bond donors (Lipinski definition) is 4. The number of carboxylic acid groups (broad SMARTS) is 1. The van der Waals surface area contributed by atoms with E-state index in [1.807, 2.05) is 24.3 Å². The van der Waals surface area contributed by atoms with Gasteiger partial charge in [0.1, 0.15) is 25.0 Å². The van der Waals surface area contributed by atoms with E-state index < -0.39 is 18.0 Å². The molecule has 0 bridgehead atoms. The quantitative estimate of drug-likeness (QED) is 0.191. The number of hydrogen-bond acceptors (Lipinski definition) is 8. The summed E-state index contributed by atoms with van der Waals surface area (Å²) in [5.74, 6) is -0.753. The van der Waals surface area contributed by atoms with Crippen molar-refractivity contribution in [2.24, 2.45) is 0 Å². The molecule has 5 amide bonds. The highest BCUT2D eigenvalue weighted by Crippen LogP contribution is 2.33. The maximum atomic E-state index is 13.0. The molecule has 0 spiro atoms. The number of rotatable bonds is 14. The molecular weight excluding hydrogens is 536 g/mol. The summed E-state index contributed by atoms with van der Waals surface area (Å²) in [6.45, 7) is 1.56. The molecule has 4 N–H and O–H groups in total. The Morgan fingerprint density at radius 1 is 0.976 bits per heavy atom. The number of amides is 5. The van der Waals surface area contributed by atoms with Crippen LogP contribution >= 0.6 is 0 Å². The number of imide groups is 1. The van der Waals surface area contributed by atoms with E-state index in [9.17, 15) is 24.0 Å². The predicted molar refractivity (Wildman–Crippen MR) is 143 cm³/mol. The summed E-state index contributed by atoms with van der Waals surface area (Å²) in [5, 5.41) is 15.7. The van der Waals surface area contributed by atoms with Crippen molar-refractivity contribution < 1.29 is 43.3 Å². The normalized spacial score (nSPS) is 16.2. The zero-order chi connectivity index (χ0) is 29.2. The first kappa shape index (κ1) is 29.5. The van der Waals surface area contributed by atoms with Gasteiger partial charge in [-0.25, -0.2) is 4.79 Å². The summed E-state index contributed by atoms with van der Waals surface area (Å²) in [4.78, 5) is 60.6. The molecule has 0 saturated carbocycles. The largest absolute Gasteiger partial charge is 0.489 e. The van der Waals surface area contributed by atoms with Crippen molar-refractivity contribution in [3.63, 3.8) is 0 Å². The van der Waals surface area contributed by atoms with Crippen LogP contribution in [0, 0.1) is 0 Å². The number of nitrogens with one attached hydrogen (secondary N) is 3. The molecular formula is C28H32N4O9. The minimum Gasteiger partial charge on any atom is -0.489 e. The molecule has 2 aromatic rings. The van der Waals surface area contributed by atoms with Gasteiger partial charge in [-0.15, -0.1) is 0 Å². The topological polar surface area (TPSA) is 173 Å². The molecule has 4 rings (SSSR count). The molecule has 13 heteroatoms. The first-order valence-electron chi connectivity index (χ1n) is 13.2. The van der Waals surface area contributed by atoms with Crippen molar-refractivity contribution >= 4 is 29.7 Å². The number of piperidine rings is 1. The second kappa shape index (κ2) is 14.2. The average molecular weight is 569 g/mol. The van der Waals surface area contributed by atoms with E-state index in [4.69, 9.17) is 19.3 Å². The number of ether oxygens (including phenoxy) is 3. The third kappa shape index (κ3) is 8.25. The Balaban J connectivity index is 1.18. The second-order valence-corrected chi connectivity index (χ2v) is 9.46. The van der Waals surface area contributed by atoms with E-state index >= 15 is 0 Å². The Morgan fingerprint density at radius 2 is 1.73 bits per heavy atom. The number of carbonyl (C=O) groups excluding carboxylic acids is 4. The monoisotopic (exact) mass is 568 g/mol. The Kier molecular flexibility index (Phi) is 10.2. The summed E-state index contributed by atoms with van der Waals surface area (Å²) in [6.07, 6.45) is -0.620. The Labute approximate surface area is 236 Å². The molecule has 218 valence electrons. The molecule has 0 aliphatic carbocycles. The molecule has 13 nitrogen and oxygen atoms in total. The van der Waals surface area contributed by atoms with Gasteiger partial charge < -0.3 is 34.9 Å². The highest BCUT2D eigenvalue weighted by Gasteiger charge is 2.40. The maximum absolute atomic E-state index is 13.0. The molecule has 0 aromatic heterocycles. The zero-order valence-corrected chi connectivity index (χ0v) is 22.4. The van der Waals surface area contributed by atoms with Crippen LogP contribution in [0.1, 0.15) is 39.9 Å². The van der Waals surface area contributed by atoms with E-state index in [-0.39, 0.29) is 70.3 Å². The fourth-order valence-corrected chi connectivity index (χ4v) is 4.47. The highest BCUT2D eigenvalue weighted by atomic mass is 16.5. The molecule has 2 heterocycles. The zero-order valence-electron chi connectivity index (χ0n) is 22.4. The van der Waals surface area contributed by atoms with Crippen molar-refractivity contribution in [2.75, 3.05) is 33.0 Å². The van der Waals surface area contributed by atoms with Crippen LogP contribution in [0.4, 0.5) is 4.79 Å². The average Bonchev–Trinajstić information content (AvgIpc) is 3.29. The third-order valence-electron chi connectivity index (χ3n) is 6.57. The predicted octanol–water partition coefficient (Wildman–Crippen LogP) is 0.944. The summed E-state index contributed by atoms with van der Waals surface area (Å²) in [6, 6.07) is 12.1. The minimum atomic E-state index is -1.11. The Morgan fingerprint density at radius 3 is 2.49 bits per heavy atom. The molecule has 2 aliphatic rings. The first-order valence-corrected chi connectivity index (χ1v) is 13.2. The third-order valence-corrected chi connectivity index (χ3v) is 6.57. The number of fused-ring (bicyclic) bond motifs is 1. The van der Waals surface area contributed by atoms with E-state index in [2.05, 4.69) is 16.0 Å². The molecule has 0 radical (unpaired) electrons. The molecule has 2 aliphatic heterocycles. The van der Waals surface area contributed by atoms with Crippen LogP contribution in [-0.4, -0.2) is 78.7 Å². The first-order chi connectivity index (χ1) is 19.8. The van der Waals surface area contributed by atoms with Crippen molar-refractivity contribution in [1.82, 2.24) is 20.9 Å². The highest BCUT2D eigenvalue weighted by molar-refractivity contribution is 6.05. The number of nitrogens with zero attached hydrogens (tertiary/aromatic N) is 1. The van der Waals surface area contributed by atoms with Gasteiger partial charge in [-0.1, -0.05) is 30.3 Å². The molecule has 1 saturated heterocycles. The lowest BCUT2D eigenvalue weighted by Crippen LogP contribution is -2.52. The lowest BCUT2D eigenvalue weighted by Gasteiger charge is -2.29. The molecule has 1 atom stereocenters. The van der Waals surface area contributed by atoms with Crippen LogP contribution in [0.2, 0.25) is 0 Å². The summed E-state index contributed by atoms with van der Waals surface area (Å²) in [7, 11) is 0. The van der Waals surface area contributed by atoms with Gasteiger partial charge in [-0.05, 0) is 29.7 Å². The minimum absolute atomic E-state index is 0.118. The van der Waals surface area contributed by atoms with Crippen molar-refractivity contribution in [2.45, 2.75) is 38.6 Å². The van der Waals surface area contributed by atoms with Crippen LogP contribution in [0.3, 0.4) is 0 Å². The lowest BCUT2D eigenvalue weighted by atomic mass is 10.0. The summed E-state index contributed by atoms with van der Waals surface area (Å²) < 4.78 is 16.5. The fraction of sp³-hybridized carbons (Fsp3) is 0.393. The second-order valence-electron chi connectivity index (χ2n) is 9.46. The Hall–Kier alpha value is -4.49. The standard InChI is InChI=1S/C28H32N4O9/c33-24-9-8-22(26(35)31-24)32-15-21-20(27(32)36)2-1-3-23(21)41-16-19-6-4-18(5-7-19)14-30-25(34)17-40-13-12-39-11-10-29-28(37)38/h1-7,22,29H,8-17H2,(H,30,34)(H,37,38)(H,31,33,35). The summed E-state index contributed by atoms with van der Waals surface area (Å²) in [5.41, 5.74) is 2.99. The van der Waals surface area contributed by atoms with Crippen LogP contribution in [0.25, 0.3) is 0 Å². The van der Waals surface area contributed by atoms with E-state index in [0.717, 1.165) is 11.1 Å². The van der Waals surface area contributed by atoms with Gasteiger partial charge in [0, 0.05) is 30.6 Å². The number of carbonyl (C=O) groups is 5. The van der Waals surface area contributed by atoms with Gasteiger partial charge in [0.25, 0.3) is 5.91 Å². The summed E-state index contributed by atoms with van der Waals surface area (Å²) >= 11 is 0. The van der Waals surface area contributed by atoms with Crippen LogP contribution in [0.5, 0.6) is 5.75 Å². The smallest absolute Gasteiger partial charge is 0.404 e. The van der Waals surface area contributed by atoms with Gasteiger partial charge in [0.15, 0.2) is 0 Å². The lowest BCUT2D eigenvalue weighted by molar-refractivity contribution is -0.137. The van der Waals surface area contributed by atoms with Gasteiger partial charge in [-0.2, -0.15) is 0 Å². The number of benzene rings is 2. The van der Waals surface area contributed by atoms with Gasteiger partial charge in [-0.3, -0.25) is 24.5 Å². The van der Waals surface area contributed by atoms with E-state index in [0.29, 0.717) is 29.8 Å². The van der Waals surface area contributed by atoms with Gasteiger partial charge in [0.05, 0.1) is 26.4 Å². The molecule has 41 heavy (non-hydrogen) atoms. The van der Waals surface area contributed by atoms with Crippen LogP contribution in [-0.2, 0) is 43.6 Å². The molecule has 1 fully saturated rings. The van der Waals surface area contributed by atoms with E-state index in [1.165, 1.54) is 4.90 Å². The van der Waals surface area contributed by atoms with Crippen molar-refractivity contribution in [1.29, 1.82) is 0 Å². The SMILES string of the molecule is O=C(O)NCCOCCOCC(=O)NCc1ccc(COc2cccc3c2CN(C2CCC(=O)NC2=O)C3=O)cc1. The van der Waals surface area contributed by atoms with Gasteiger partial charge in [0.2, 0.25) is 17.7 Å². The van der Waals surface area contributed by atoms with Gasteiger partial charge >= 0.3 is 6.09 Å². The van der Waals surface area contributed by atoms with E-state index in [1.54, 1.807) is 18.2 Å². The Bertz CT molecular complexity index is 1280. The molecule has 2 aromatic carbocycles. The van der Waals surface area contributed by atoms with Crippen LogP contribution in [0.15, 0.2) is 42.5 Å². The van der Waals surface area contributed by atoms with Crippen molar-refractivity contribution in [3.8, 4) is 5.75 Å². The molecule has 1 unspecified atom stereocenters. The fourth-order valence-electron chi connectivity index (χ4n) is 4.47. The maximum Gasteiger partial charge on any atom is 0.404 e. The van der Waals surface area contributed by atoms with Crippen LogP contribution < -0.4 is 20.7 Å².